The number of carbonyl (C=O) groups excluding carboxylic acids is 1. The number of non-ortho nitro benzene ring substituents is 1. The molecule has 8 heteroatoms. The summed E-state index contributed by atoms with van der Waals surface area (Å²) >= 11 is 0. The molecule has 2 aromatic carbocycles. The van der Waals surface area contributed by atoms with Crippen LogP contribution < -0.4 is 10.6 Å². The van der Waals surface area contributed by atoms with Crippen molar-refractivity contribution in [3.05, 3.63) is 82.2 Å². The molecule has 0 fully saturated rings. The van der Waals surface area contributed by atoms with Gasteiger partial charge in [0.05, 0.1) is 22.4 Å². The Morgan fingerprint density at radius 1 is 1.23 bits per heavy atom. The summed E-state index contributed by atoms with van der Waals surface area (Å²) in [6.45, 7) is 0.261. The first-order valence-electron chi connectivity index (χ1n) is 7.92. The zero-order valence-electron chi connectivity index (χ0n) is 14.0. The Morgan fingerprint density at radius 2 is 2.00 bits per heavy atom. The van der Waals surface area contributed by atoms with Crippen molar-refractivity contribution in [1.82, 2.24) is 15.1 Å². The quantitative estimate of drug-likeness (QED) is 0.525. The number of benzene rings is 2. The smallest absolute Gasteiger partial charge is 0.270 e. The molecule has 0 unspecified atom stereocenters. The summed E-state index contributed by atoms with van der Waals surface area (Å²) in [5.74, 6) is -0.398. The summed E-state index contributed by atoms with van der Waals surface area (Å²) in [7, 11) is 1.65. The van der Waals surface area contributed by atoms with Crippen LogP contribution in [0.15, 0.2) is 60.9 Å². The molecule has 0 aliphatic carbocycles. The van der Waals surface area contributed by atoms with Crippen LogP contribution in [0.5, 0.6) is 0 Å². The predicted octanol–water partition coefficient (Wildman–Crippen LogP) is 2.75. The molecular formula is C18H17N5O3. The molecule has 132 valence electrons. The molecule has 0 bridgehead atoms. The number of anilines is 1. The van der Waals surface area contributed by atoms with E-state index in [4.69, 9.17) is 0 Å². The molecule has 1 aromatic heterocycles. The van der Waals surface area contributed by atoms with Crippen LogP contribution in [-0.4, -0.2) is 27.7 Å². The molecule has 0 spiro atoms. The summed E-state index contributed by atoms with van der Waals surface area (Å²) in [6, 6.07) is 13.7. The Bertz CT molecular complexity index is 937. The van der Waals surface area contributed by atoms with Gasteiger partial charge in [0.1, 0.15) is 0 Å². The summed E-state index contributed by atoms with van der Waals surface area (Å²) in [5.41, 5.74) is 2.34. The third kappa shape index (κ3) is 3.69. The van der Waals surface area contributed by atoms with E-state index in [1.165, 1.54) is 18.2 Å². The van der Waals surface area contributed by atoms with Gasteiger partial charge in [-0.05, 0) is 18.2 Å². The van der Waals surface area contributed by atoms with E-state index >= 15 is 0 Å². The van der Waals surface area contributed by atoms with Gasteiger partial charge in [-0.1, -0.05) is 18.2 Å². The van der Waals surface area contributed by atoms with E-state index in [0.29, 0.717) is 5.69 Å². The molecule has 26 heavy (non-hydrogen) atoms. The fraction of sp³-hybridized carbons (Fsp3) is 0.111. The normalized spacial score (nSPS) is 10.3. The minimum atomic E-state index is -0.528. The lowest BCUT2D eigenvalue weighted by molar-refractivity contribution is -0.384. The van der Waals surface area contributed by atoms with E-state index in [9.17, 15) is 14.9 Å². The molecule has 0 saturated heterocycles. The number of nitrogens with one attached hydrogen (secondary N) is 2. The lowest BCUT2D eigenvalue weighted by atomic mass is 10.1. The van der Waals surface area contributed by atoms with Crippen molar-refractivity contribution in [3.63, 3.8) is 0 Å². The summed E-state index contributed by atoms with van der Waals surface area (Å²) in [5, 5.41) is 20.8. The van der Waals surface area contributed by atoms with Crippen molar-refractivity contribution < 1.29 is 9.72 Å². The van der Waals surface area contributed by atoms with Gasteiger partial charge >= 0.3 is 0 Å². The monoisotopic (exact) mass is 351 g/mol. The third-order valence-corrected chi connectivity index (χ3v) is 3.84. The van der Waals surface area contributed by atoms with Crippen LogP contribution >= 0.6 is 0 Å². The Labute approximate surface area is 149 Å². The van der Waals surface area contributed by atoms with E-state index in [-0.39, 0.29) is 17.8 Å². The van der Waals surface area contributed by atoms with Crippen molar-refractivity contribution in [2.24, 2.45) is 0 Å². The van der Waals surface area contributed by atoms with Gasteiger partial charge in [-0.15, -0.1) is 0 Å². The first kappa shape index (κ1) is 17.2. The number of nitrogens with zero attached hydrogens (tertiary/aromatic N) is 3. The van der Waals surface area contributed by atoms with Crippen LogP contribution in [0.25, 0.3) is 5.69 Å². The van der Waals surface area contributed by atoms with E-state index in [1.54, 1.807) is 17.9 Å². The fourth-order valence-corrected chi connectivity index (χ4v) is 2.50. The molecule has 8 nitrogen and oxygen atoms in total. The number of aromatic nitrogens is 2. The zero-order chi connectivity index (χ0) is 18.5. The number of rotatable bonds is 6. The van der Waals surface area contributed by atoms with Crippen molar-refractivity contribution >= 4 is 17.3 Å². The molecule has 3 rings (SSSR count). The maximum atomic E-state index is 12.4. The standard InChI is InChI=1S/C18H17N5O3/c1-19-17-8-7-15(23(25)26)9-16(17)18(24)20-10-13-11-21-22(12-13)14-5-3-2-4-6-14/h2-9,11-12,19H,10H2,1H3,(H,20,24). The first-order chi connectivity index (χ1) is 12.6. The van der Waals surface area contributed by atoms with Gasteiger partial charge < -0.3 is 10.6 Å². The molecule has 0 saturated carbocycles. The molecule has 0 radical (unpaired) electrons. The van der Waals surface area contributed by atoms with Crippen LogP contribution in [0, 0.1) is 10.1 Å². The Balaban J connectivity index is 1.72. The number of nitro groups is 1. The molecule has 3 aromatic rings. The highest BCUT2D eigenvalue weighted by Crippen LogP contribution is 2.22. The highest BCUT2D eigenvalue weighted by molar-refractivity contribution is 6.00. The maximum Gasteiger partial charge on any atom is 0.270 e. The van der Waals surface area contributed by atoms with Gasteiger partial charge in [0.15, 0.2) is 0 Å². The highest BCUT2D eigenvalue weighted by atomic mass is 16.6. The van der Waals surface area contributed by atoms with E-state index in [0.717, 1.165) is 11.3 Å². The van der Waals surface area contributed by atoms with Crippen LogP contribution in [0.1, 0.15) is 15.9 Å². The molecule has 0 atom stereocenters. The molecule has 1 amide bonds. The Kier molecular flexibility index (Phi) is 4.93. The largest absolute Gasteiger partial charge is 0.387 e. The number of carbonyl (C=O) groups is 1. The van der Waals surface area contributed by atoms with Crippen molar-refractivity contribution in [3.8, 4) is 5.69 Å². The van der Waals surface area contributed by atoms with Gasteiger partial charge in [0.2, 0.25) is 0 Å². The van der Waals surface area contributed by atoms with Crippen LogP contribution in [0.3, 0.4) is 0 Å². The van der Waals surface area contributed by atoms with Crippen LogP contribution in [0.4, 0.5) is 11.4 Å². The van der Waals surface area contributed by atoms with Gasteiger partial charge in [-0.3, -0.25) is 14.9 Å². The van der Waals surface area contributed by atoms with Gasteiger partial charge in [0.25, 0.3) is 11.6 Å². The average Bonchev–Trinajstić information content (AvgIpc) is 3.15. The van der Waals surface area contributed by atoms with Crippen molar-refractivity contribution in [1.29, 1.82) is 0 Å². The molecule has 0 aliphatic heterocycles. The Hall–Kier alpha value is -3.68. The number of hydrogen-bond acceptors (Lipinski definition) is 5. The number of nitro benzene ring substituents is 1. The minimum absolute atomic E-state index is 0.133. The van der Waals surface area contributed by atoms with Gasteiger partial charge in [-0.25, -0.2) is 4.68 Å². The number of para-hydroxylation sites is 1. The molecule has 0 aliphatic rings. The number of amides is 1. The van der Waals surface area contributed by atoms with Crippen molar-refractivity contribution in [2.75, 3.05) is 12.4 Å². The third-order valence-electron chi connectivity index (χ3n) is 3.84. The van der Waals surface area contributed by atoms with E-state index < -0.39 is 10.8 Å². The van der Waals surface area contributed by atoms with Gasteiger partial charge in [-0.2, -0.15) is 5.10 Å². The fourth-order valence-electron chi connectivity index (χ4n) is 2.50. The highest BCUT2D eigenvalue weighted by Gasteiger charge is 2.16. The molecule has 2 N–H and O–H groups in total. The van der Waals surface area contributed by atoms with Crippen molar-refractivity contribution in [2.45, 2.75) is 6.54 Å². The predicted molar refractivity (Wildman–Crippen MR) is 97.4 cm³/mol. The second-order valence-corrected chi connectivity index (χ2v) is 5.55. The van der Waals surface area contributed by atoms with Crippen LogP contribution in [-0.2, 0) is 6.54 Å². The van der Waals surface area contributed by atoms with E-state index in [1.807, 2.05) is 36.5 Å². The minimum Gasteiger partial charge on any atom is -0.387 e. The summed E-state index contributed by atoms with van der Waals surface area (Å²) < 4.78 is 1.72. The lowest BCUT2D eigenvalue weighted by Gasteiger charge is -2.09. The topological polar surface area (TPSA) is 102 Å². The summed E-state index contributed by atoms with van der Waals surface area (Å²) in [4.78, 5) is 22.9. The lowest BCUT2D eigenvalue weighted by Crippen LogP contribution is -2.23. The number of hydrogen-bond donors (Lipinski definition) is 2. The SMILES string of the molecule is CNc1ccc([N+](=O)[O-])cc1C(=O)NCc1cnn(-c2ccccc2)c1. The average molecular weight is 351 g/mol. The first-order valence-corrected chi connectivity index (χ1v) is 7.92. The maximum absolute atomic E-state index is 12.4. The summed E-state index contributed by atoms with van der Waals surface area (Å²) in [6.07, 6.45) is 3.49. The zero-order valence-corrected chi connectivity index (χ0v) is 14.0. The second-order valence-electron chi connectivity index (χ2n) is 5.55. The molecule has 1 heterocycles. The second kappa shape index (κ2) is 7.47. The van der Waals surface area contributed by atoms with E-state index in [2.05, 4.69) is 15.7 Å². The molecular weight excluding hydrogens is 334 g/mol. The van der Waals surface area contributed by atoms with Crippen LogP contribution in [0.2, 0.25) is 0 Å². The van der Waals surface area contributed by atoms with Gasteiger partial charge in [0, 0.05) is 43.2 Å². The Morgan fingerprint density at radius 3 is 2.69 bits per heavy atom.